The summed E-state index contributed by atoms with van der Waals surface area (Å²) < 4.78 is 29.3. The highest BCUT2D eigenvalue weighted by Crippen LogP contribution is 2.31. The van der Waals surface area contributed by atoms with E-state index in [9.17, 15) is 15.0 Å². The lowest BCUT2D eigenvalue weighted by Gasteiger charge is -2.36. The fourth-order valence-electron chi connectivity index (χ4n) is 4.04. The number of aromatic nitrogens is 2. The molecular formula is C26H38N2O8. The molecule has 10 nitrogen and oxygen atoms in total. The number of hydrogen-bond acceptors (Lipinski definition) is 9. The van der Waals surface area contributed by atoms with Gasteiger partial charge >= 0.3 is 6.16 Å². The third-order valence-electron chi connectivity index (χ3n) is 5.78. The van der Waals surface area contributed by atoms with E-state index in [2.05, 4.69) is 5.10 Å². The topological polar surface area (TPSA) is 122 Å². The molecule has 36 heavy (non-hydrogen) atoms. The van der Waals surface area contributed by atoms with Gasteiger partial charge in [-0.2, -0.15) is 0 Å². The van der Waals surface area contributed by atoms with Crippen molar-refractivity contribution < 1.29 is 38.7 Å². The first kappa shape index (κ1) is 27.8. The van der Waals surface area contributed by atoms with Crippen LogP contribution in [-0.4, -0.2) is 70.1 Å². The molecule has 10 heteroatoms. The maximum absolute atomic E-state index is 11.5. The molecule has 1 fully saturated rings. The number of rotatable bonds is 10. The summed E-state index contributed by atoms with van der Waals surface area (Å²) in [6.45, 7) is 11.7. The first-order chi connectivity index (χ1) is 17.1. The molecule has 1 aliphatic rings. The van der Waals surface area contributed by atoms with Gasteiger partial charge in [-0.05, 0) is 59.2 Å². The van der Waals surface area contributed by atoms with Gasteiger partial charge in [0.25, 0.3) is 0 Å². The zero-order valence-electron chi connectivity index (χ0n) is 21.8. The molecular weight excluding hydrogens is 468 g/mol. The van der Waals surface area contributed by atoms with E-state index in [1.807, 2.05) is 63.6 Å². The van der Waals surface area contributed by atoms with E-state index in [1.54, 1.807) is 6.92 Å². The smallest absolute Gasteiger partial charge is 0.491 e. The van der Waals surface area contributed by atoms with Crippen LogP contribution in [0.2, 0.25) is 0 Å². The second kappa shape index (κ2) is 12.4. The zero-order chi connectivity index (χ0) is 26.4. The summed E-state index contributed by atoms with van der Waals surface area (Å²) in [4.78, 5) is 11.5. The summed E-state index contributed by atoms with van der Waals surface area (Å²) in [6.07, 6.45) is -4.40. The van der Waals surface area contributed by atoms with Crippen LogP contribution in [0, 0.1) is 6.92 Å². The molecule has 3 rings (SSSR count). The van der Waals surface area contributed by atoms with Crippen LogP contribution in [-0.2, 0) is 20.6 Å². The number of carbonyl (C=O) groups excluding carboxylic acids is 1. The van der Waals surface area contributed by atoms with E-state index in [-0.39, 0.29) is 31.8 Å². The van der Waals surface area contributed by atoms with E-state index in [4.69, 9.17) is 23.7 Å². The molecule has 2 N–H and O–H groups in total. The molecule has 1 aliphatic heterocycles. The Bertz CT molecular complexity index is 989. The maximum atomic E-state index is 11.5. The summed E-state index contributed by atoms with van der Waals surface area (Å²) in [5.74, 6) is 1.11. The lowest BCUT2D eigenvalue weighted by molar-refractivity contribution is -0.242. The molecule has 0 amide bonds. The zero-order valence-corrected chi connectivity index (χ0v) is 21.8. The average Bonchev–Trinajstić information content (AvgIpc) is 3.12. The predicted molar refractivity (Wildman–Crippen MR) is 131 cm³/mol. The van der Waals surface area contributed by atoms with Crippen molar-refractivity contribution in [2.45, 2.75) is 91.1 Å². The Balaban J connectivity index is 1.79. The van der Waals surface area contributed by atoms with Crippen molar-refractivity contribution in [3.8, 4) is 11.6 Å². The normalized spacial score (nSPS) is 22.1. The Kier molecular flexibility index (Phi) is 9.58. The number of aliphatic hydroxyl groups is 2. The second-order valence-electron chi connectivity index (χ2n) is 9.43. The molecule has 1 aromatic heterocycles. The number of aliphatic hydroxyl groups excluding tert-OH is 2. The van der Waals surface area contributed by atoms with Gasteiger partial charge in [-0.3, -0.25) is 4.68 Å². The van der Waals surface area contributed by atoms with Gasteiger partial charge in [0, 0.05) is 30.1 Å². The van der Waals surface area contributed by atoms with Gasteiger partial charge in [0.15, 0.2) is 0 Å². The molecule has 2 heterocycles. The predicted octanol–water partition coefficient (Wildman–Crippen LogP) is 3.54. The minimum atomic E-state index is -1.30. The summed E-state index contributed by atoms with van der Waals surface area (Å²) in [7, 11) is 0. The summed E-state index contributed by atoms with van der Waals surface area (Å²) in [6, 6.07) is 7.92. The highest BCUT2D eigenvalue weighted by molar-refractivity contribution is 5.59. The van der Waals surface area contributed by atoms with Crippen molar-refractivity contribution in [2.75, 3.05) is 13.2 Å². The van der Waals surface area contributed by atoms with E-state index < -0.39 is 30.8 Å². The van der Waals surface area contributed by atoms with Crippen molar-refractivity contribution in [3.05, 3.63) is 41.1 Å². The molecule has 0 saturated carbocycles. The minimum absolute atomic E-state index is 0.0800. The molecule has 200 valence electrons. The Labute approximate surface area is 212 Å². The molecule has 0 bridgehead atoms. The number of nitrogens with zero attached hydrogens (tertiary/aromatic N) is 2. The fraction of sp³-hybridized carbons (Fsp3) is 0.615. The Morgan fingerprint density at radius 2 is 1.86 bits per heavy atom. The lowest BCUT2D eigenvalue weighted by Crippen LogP contribution is -2.52. The van der Waals surface area contributed by atoms with Crippen molar-refractivity contribution in [3.63, 3.8) is 0 Å². The lowest BCUT2D eigenvalue weighted by atomic mass is 10.0. The summed E-state index contributed by atoms with van der Waals surface area (Å²) in [5, 5.41) is 25.6. The monoisotopic (exact) mass is 506 g/mol. The van der Waals surface area contributed by atoms with Crippen molar-refractivity contribution in [1.29, 1.82) is 0 Å². The third-order valence-corrected chi connectivity index (χ3v) is 5.78. The van der Waals surface area contributed by atoms with Crippen LogP contribution >= 0.6 is 0 Å². The van der Waals surface area contributed by atoms with Gasteiger partial charge in [-0.15, -0.1) is 5.10 Å². The van der Waals surface area contributed by atoms with E-state index in [0.717, 1.165) is 22.6 Å². The largest absolute Gasteiger partial charge is 0.508 e. The maximum Gasteiger partial charge on any atom is 0.508 e. The van der Waals surface area contributed by atoms with Gasteiger partial charge in [0.1, 0.15) is 18.5 Å². The number of benzene rings is 1. The quantitative estimate of drug-likeness (QED) is 0.466. The second-order valence-corrected chi connectivity index (χ2v) is 9.43. The number of carbonyl (C=O) groups is 1. The SMILES string of the molecule is CCOC(=O)OCC1CC(O)C(O)C(Oc2nn(C(C)C)c(C)c2Cc2ccc(OC(C)C)cc2)O1. The standard InChI is InChI=1S/C26H38N2O8/c1-7-32-26(31)33-14-20-13-22(29)23(30)25(35-20)36-24-21(17(6)28(27-24)15(2)3)12-18-8-10-19(11-9-18)34-16(4)5/h8-11,15-16,20,22-23,25,29-30H,7,12-14H2,1-6H3. The fourth-order valence-corrected chi connectivity index (χ4v) is 4.04. The van der Waals surface area contributed by atoms with Gasteiger partial charge in [0.2, 0.25) is 12.2 Å². The van der Waals surface area contributed by atoms with Gasteiger partial charge in [-0.1, -0.05) is 12.1 Å². The molecule has 4 unspecified atom stereocenters. The molecule has 1 aromatic carbocycles. The molecule has 0 radical (unpaired) electrons. The molecule has 4 atom stereocenters. The first-order valence-corrected chi connectivity index (χ1v) is 12.4. The van der Waals surface area contributed by atoms with Crippen LogP contribution in [0.25, 0.3) is 0 Å². The molecule has 0 aliphatic carbocycles. The van der Waals surface area contributed by atoms with Crippen LogP contribution in [0.5, 0.6) is 11.6 Å². The minimum Gasteiger partial charge on any atom is -0.491 e. The van der Waals surface area contributed by atoms with Crippen LogP contribution in [0.3, 0.4) is 0 Å². The van der Waals surface area contributed by atoms with E-state index in [0.29, 0.717) is 12.3 Å². The molecule has 2 aromatic rings. The van der Waals surface area contributed by atoms with Crippen LogP contribution < -0.4 is 9.47 Å². The number of hydrogen-bond donors (Lipinski definition) is 2. The van der Waals surface area contributed by atoms with Crippen molar-refractivity contribution >= 4 is 6.16 Å². The highest BCUT2D eigenvalue weighted by Gasteiger charge is 2.40. The van der Waals surface area contributed by atoms with Crippen LogP contribution in [0.15, 0.2) is 24.3 Å². The van der Waals surface area contributed by atoms with Crippen LogP contribution in [0.4, 0.5) is 4.79 Å². The Morgan fingerprint density at radius 1 is 1.17 bits per heavy atom. The Hall–Kier alpha value is -2.82. The van der Waals surface area contributed by atoms with E-state index in [1.165, 1.54) is 0 Å². The summed E-state index contributed by atoms with van der Waals surface area (Å²) in [5.41, 5.74) is 2.81. The number of ether oxygens (including phenoxy) is 5. The molecule has 0 spiro atoms. The van der Waals surface area contributed by atoms with Crippen molar-refractivity contribution in [1.82, 2.24) is 9.78 Å². The molecule has 1 saturated heterocycles. The van der Waals surface area contributed by atoms with Gasteiger partial charge < -0.3 is 33.9 Å². The van der Waals surface area contributed by atoms with Crippen LogP contribution in [0.1, 0.15) is 63.9 Å². The Morgan fingerprint density at radius 3 is 2.47 bits per heavy atom. The highest BCUT2D eigenvalue weighted by atomic mass is 16.7. The van der Waals surface area contributed by atoms with Gasteiger partial charge in [0.05, 0.1) is 24.9 Å². The first-order valence-electron chi connectivity index (χ1n) is 12.4. The third kappa shape index (κ3) is 7.11. The van der Waals surface area contributed by atoms with E-state index >= 15 is 0 Å². The van der Waals surface area contributed by atoms with Crippen molar-refractivity contribution in [2.24, 2.45) is 0 Å². The summed E-state index contributed by atoms with van der Waals surface area (Å²) >= 11 is 0. The average molecular weight is 507 g/mol. The van der Waals surface area contributed by atoms with Gasteiger partial charge in [-0.25, -0.2) is 4.79 Å².